The fourth-order valence-corrected chi connectivity index (χ4v) is 1.69. The molecule has 1 nitrogen and oxygen atoms in total. The van der Waals surface area contributed by atoms with Crippen molar-refractivity contribution in [1.29, 1.82) is 0 Å². The zero-order valence-electron chi connectivity index (χ0n) is 9.05. The molecule has 0 heterocycles. The largest absolute Gasteiger partial charge is 0.384 e. The molecular formula is C12H18IN. The van der Waals surface area contributed by atoms with Crippen molar-refractivity contribution in [3.05, 3.63) is 27.8 Å². The van der Waals surface area contributed by atoms with E-state index in [9.17, 15) is 0 Å². The summed E-state index contributed by atoms with van der Waals surface area (Å²) in [5, 5.41) is 3.49. The fourth-order valence-electron chi connectivity index (χ4n) is 1.11. The van der Waals surface area contributed by atoms with Crippen LogP contribution in [-0.2, 0) is 0 Å². The van der Waals surface area contributed by atoms with E-state index in [2.05, 4.69) is 72.9 Å². The molecule has 78 valence electrons. The van der Waals surface area contributed by atoms with Crippen molar-refractivity contribution in [2.24, 2.45) is 11.8 Å². The van der Waals surface area contributed by atoms with Gasteiger partial charge in [-0.25, -0.2) is 0 Å². The Labute approximate surface area is 100 Å². The van der Waals surface area contributed by atoms with E-state index in [1.165, 1.54) is 9.26 Å². The molecule has 0 aliphatic rings. The van der Waals surface area contributed by atoms with Gasteiger partial charge in [-0.15, -0.1) is 0 Å². The number of halogens is 1. The van der Waals surface area contributed by atoms with Gasteiger partial charge in [0.05, 0.1) is 0 Å². The van der Waals surface area contributed by atoms with Crippen LogP contribution in [0.3, 0.4) is 0 Å². The highest BCUT2D eigenvalue weighted by molar-refractivity contribution is 14.1. The molecule has 1 rings (SSSR count). The van der Waals surface area contributed by atoms with Crippen LogP contribution in [0.5, 0.6) is 0 Å². The average molecular weight is 303 g/mol. The van der Waals surface area contributed by atoms with Gasteiger partial charge in [-0.2, -0.15) is 0 Å². The van der Waals surface area contributed by atoms with Crippen LogP contribution >= 0.6 is 22.6 Å². The molecule has 0 spiro atoms. The maximum absolute atomic E-state index is 3.49. The lowest BCUT2D eigenvalue weighted by Crippen LogP contribution is -2.16. The van der Waals surface area contributed by atoms with Crippen molar-refractivity contribution < 1.29 is 0 Å². The Morgan fingerprint density at radius 3 is 2.43 bits per heavy atom. The zero-order valence-corrected chi connectivity index (χ0v) is 11.2. The van der Waals surface area contributed by atoms with E-state index in [1.54, 1.807) is 0 Å². The predicted molar refractivity (Wildman–Crippen MR) is 71.7 cm³/mol. The van der Waals surface area contributed by atoms with Crippen LogP contribution in [-0.4, -0.2) is 6.54 Å². The second kappa shape index (κ2) is 5.59. The van der Waals surface area contributed by atoms with Crippen LogP contribution in [0.15, 0.2) is 24.3 Å². The monoisotopic (exact) mass is 303 g/mol. The third kappa shape index (κ3) is 3.48. The summed E-state index contributed by atoms with van der Waals surface area (Å²) in [5.74, 6) is 1.45. The van der Waals surface area contributed by atoms with Crippen molar-refractivity contribution in [2.75, 3.05) is 11.9 Å². The highest BCUT2D eigenvalue weighted by Crippen LogP contribution is 2.18. The minimum absolute atomic E-state index is 0.714. The van der Waals surface area contributed by atoms with E-state index >= 15 is 0 Å². The lowest BCUT2D eigenvalue weighted by atomic mass is 9.98. The van der Waals surface area contributed by atoms with E-state index in [0.717, 1.165) is 12.5 Å². The van der Waals surface area contributed by atoms with Crippen molar-refractivity contribution in [1.82, 2.24) is 0 Å². The van der Waals surface area contributed by atoms with Gasteiger partial charge < -0.3 is 5.32 Å². The molecule has 0 fully saturated rings. The first-order valence-electron chi connectivity index (χ1n) is 5.09. The number of hydrogen-bond acceptors (Lipinski definition) is 1. The number of hydrogen-bond donors (Lipinski definition) is 1. The van der Waals surface area contributed by atoms with E-state index in [-0.39, 0.29) is 0 Å². The molecule has 0 amide bonds. The molecule has 1 unspecified atom stereocenters. The number of benzene rings is 1. The third-order valence-electron chi connectivity index (χ3n) is 2.63. The molecule has 1 aromatic rings. The first-order chi connectivity index (χ1) is 6.61. The minimum atomic E-state index is 0.714. The molecule has 14 heavy (non-hydrogen) atoms. The summed E-state index contributed by atoms with van der Waals surface area (Å²) < 4.78 is 1.29. The summed E-state index contributed by atoms with van der Waals surface area (Å²) in [7, 11) is 0. The lowest BCUT2D eigenvalue weighted by Gasteiger charge is -2.17. The summed E-state index contributed by atoms with van der Waals surface area (Å²) in [5.41, 5.74) is 1.25. The van der Waals surface area contributed by atoms with Gasteiger partial charge in [0.2, 0.25) is 0 Å². The summed E-state index contributed by atoms with van der Waals surface area (Å²) in [6.45, 7) is 7.87. The van der Waals surface area contributed by atoms with E-state index in [4.69, 9.17) is 0 Å². The van der Waals surface area contributed by atoms with Gasteiger partial charge in [-0.1, -0.05) is 32.9 Å². The third-order valence-corrected chi connectivity index (χ3v) is 3.57. The van der Waals surface area contributed by atoms with Crippen LogP contribution in [0.4, 0.5) is 5.69 Å². The standard InChI is InChI=1S/C12H18IN/c1-9(2)10(3)8-14-12-7-5-4-6-11(12)13/h4-7,9-10,14H,8H2,1-3H3. The normalized spacial score (nSPS) is 12.9. The van der Waals surface area contributed by atoms with E-state index in [0.29, 0.717) is 5.92 Å². The summed E-state index contributed by atoms with van der Waals surface area (Å²) in [4.78, 5) is 0. The van der Waals surface area contributed by atoms with Crippen molar-refractivity contribution >= 4 is 28.3 Å². The Kier molecular flexibility index (Phi) is 4.72. The van der Waals surface area contributed by atoms with Gasteiger partial charge in [0, 0.05) is 15.8 Å². The summed E-state index contributed by atoms with van der Waals surface area (Å²) in [6.07, 6.45) is 0. The Hall–Kier alpha value is -0.250. The molecule has 0 saturated carbocycles. The summed E-state index contributed by atoms with van der Waals surface area (Å²) >= 11 is 2.36. The molecule has 0 aliphatic heterocycles. The molecule has 0 saturated heterocycles. The second-order valence-electron chi connectivity index (χ2n) is 4.08. The molecule has 1 atom stereocenters. The maximum Gasteiger partial charge on any atom is 0.0475 e. The first-order valence-corrected chi connectivity index (χ1v) is 6.17. The Balaban J connectivity index is 2.50. The van der Waals surface area contributed by atoms with E-state index < -0.39 is 0 Å². The SMILES string of the molecule is CC(C)C(C)CNc1ccccc1I. The van der Waals surface area contributed by atoms with Gasteiger partial charge in [0.1, 0.15) is 0 Å². The van der Waals surface area contributed by atoms with Crippen molar-refractivity contribution in [3.63, 3.8) is 0 Å². The lowest BCUT2D eigenvalue weighted by molar-refractivity contribution is 0.439. The Bertz CT molecular complexity index is 283. The first kappa shape index (κ1) is 11.8. The number of para-hydroxylation sites is 1. The van der Waals surface area contributed by atoms with Crippen LogP contribution < -0.4 is 5.32 Å². The van der Waals surface area contributed by atoms with Crippen molar-refractivity contribution in [2.45, 2.75) is 20.8 Å². The van der Waals surface area contributed by atoms with Gasteiger partial charge >= 0.3 is 0 Å². The van der Waals surface area contributed by atoms with Gasteiger partial charge in [-0.05, 0) is 46.6 Å². The molecule has 1 N–H and O–H groups in total. The number of rotatable bonds is 4. The van der Waals surface area contributed by atoms with Crippen LogP contribution in [0.2, 0.25) is 0 Å². The molecule has 0 radical (unpaired) electrons. The fraction of sp³-hybridized carbons (Fsp3) is 0.500. The van der Waals surface area contributed by atoms with Crippen LogP contribution in [0.1, 0.15) is 20.8 Å². The Morgan fingerprint density at radius 1 is 1.21 bits per heavy atom. The summed E-state index contributed by atoms with van der Waals surface area (Å²) in [6, 6.07) is 8.40. The topological polar surface area (TPSA) is 12.0 Å². The molecule has 0 aliphatic carbocycles. The maximum atomic E-state index is 3.49. The average Bonchev–Trinajstić information content (AvgIpc) is 2.16. The Morgan fingerprint density at radius 2 is 1.86 bits per heavy atom. The molecular weight excluding hydrogens is 285 g/mol. The van der Waals surface area contributed by atoms with Crippen molar-refractivity contribution in [3.8, 4) is 0 Å². The number of anilines is 1. The van der Waals surface area contributed by atoms with Crippen LogP contribution in [0.25, 0.3) is 0 Å². The molecule has 1 aromatic carbocycles. The molecule has 0 aromatic heterocycles. The van der Waals surface area contributed by atoms with Gasteiger partial charge in [-0.3, -0.25) is 0 Å². The van der Waals surface area contributed by atoms with E-state index in [1.807, 2.05) is 0 Å². The van der Waals surface area contributed by atoms with Gasteiger partial charge in [0.25, 0.3) is 0 Å². The molecule has 0 bridgehead atoms. The zero-order chi connectivity index (χ0) is 10.6. The highest BCUT2D eigenvalue weighted by Gasteiger charge is 2.06. The number of nitrogens with one attached hydrogen (secondary N) is 1. The molecule has 2 heteroatoms. The quantitative estimate of drug-likeness (QED) is 0.829. The van der Waals surface area contributed by atoms with Gasteiger partial charge in [0.15, 0.2) is 0 Å². The highest BCUT2D eigenvalue weighted by atomic mass is 127. The smallest absolute Gasteiger partial charge is 0.0475 e. The second-order valence-corrected chi connectivity index (χ2v) is 5.24. The minimum Gasteiger partial charge on any atom is -0.384 e. The predicted octanol–water partition coefficient (Wildman–Crippen LogP) is 4.00. The van der Waals surface area contributed by atoms with Crippen LogP contribution in [0, 0.1) is 15.4 Å².